The van der Waals surface area contributed by atoms with E-state index in [1.165, 1.54) is 0 Å². The Labute approximate surface area is 113 Å². The highest BCUT2D eigenvalue weighted by atomic mass is 35.5. The summed E-state index contributed by atoms with van der Waals surface area (Å²) in [5.41, 5.74) is 0.0890. The number of pyridine rings is 1. The number of nitrogens with one attached hydrogen (secondary N) is 1. The van der Waals surface area contributed by atoms with E-state index >= 15 is 0 Å². The fraction of sp³-hybridized carbons (Fsp3) is 0.417. The van der Waals surface area contributed by atoms with E-state index < -0.39 is 0 Å². The van der Waals surface area contributed by atoms with Crippen LogP contribution >= 0.6 is 11.6 Å². The third-order valence-electron chi connectivity index (χ3n) is 2.92. The number of halogens is 1. The predicted molar refractivity (Wildman–Crippen MR) is 69.8 cm³/mol. The first-order valence-corrected chi connectivity index (χ1v) is 6.33. The van der Waals surface area contributed by atoms with Crippen LogP contribution in [0.2, 0.25) is 5.15 Å². The predicted octanol–water partition coefficient (Wildman–Crippen LogP) is 1.45. The first-order chi connectivity index (χ1) is 9.13. The molecule has 7 heteroatoms. The van der Waals surface area contributed by atoms with Gasteiger partial charge in [-0.1, -0.05) is 11.6 Å². The minimum atomic E-state index is -0.325. The van der Waals surface area contributed by atoms with Gasteiger partial charge in [0.15, 0.2) is 5.75 Å². The number of hydrogen-bond acceptors (Lipinski definition) is 5. The lowest BCUT2D eigenvalue weighted by Crippen LogP contribution is -2.21. The normalized spacial score (nSPS) is 18.9. The molecular formula is C12H12ClN3O3. The third-order valence-corrected chi connectivity index (χ3v) is 3.21. The van der Waals surface area contributed by atoms with Crippen LogP contribution in [-0.4, -0.2) is 34.3 Å². The molecule has 1 aliphatic rings. The highest BCUT2D eigenvalue weighted by molar-refractivity contribution is 6.33. The molecular weight excluding hydrogens is 270 g/mol. The van der Waals surface area contributed by atoms with Crippen LogP contribution in [0.3, 0.4) is 0 Å². The molecule has 100 valence electrons. The number of ether oxygens (including phenoxy) is 2. The third kappa shape index (κ3) is 2.41. The summed E-state index contributed by atoms with van der Waals surface area (Å²) in [6, 6.07) is 1.58. The van der Waals surface area contributed by atoms with E-state index in [0.717, 1.165) is 6.42 Å². The Hall–Kier alpha value is -1.66. The number of H-pyrrole nitrogens is 1. The lowest BCUT2D eigenvalue weighted by atomic mass is 10.3. The minimum absolute atomic E-state index is 0.0938. The van der Waals surface area contributed by atoms with Crippen molar-refractivity contribution in [2.45, 2.75) is 19.4 Å². The van der Waals surface area contributed by atoms with Crippen molar-refractivity contribution in [2.75, 3.05) is 13.2 Å². The standard InChI is InChI=1S/C12H12ClN3O3/c1-6-14-10(13)8-4-9(12(17)16-11(8)15-6)19-7-2-3-18-5-7/h4,7H,2-3,5H2,1H3,(H,14,15,16,17)/t7-/m0/s1. The summed E-state index contributed by atoms with van der Waals surface area (Å²) in [6.45, 7) is 2.86. The molecule has 0 amide bonds. The molecule has 0 bridgehead atoms. The van der Waals surface area contributed by atoms with Crippen molar-refractivity contribution < 1.29 is 9.47 Å². The monoisotopic (exact) mass is 281 g/mol. The molecule has 19 heavy (non-hydrogen) atoms. The van der Waals surface area contributed by atoms with E-state index in [9.17, 15) is 4.79 Å². The maximum atomic E-state index is 11.9. The molecule has 0 aliphatic carbocycles. The summed E-state index contributed by atoms with van der Waals surface area (Å²) in [4.78, 5) is 22.8. The maximum absolute atomic E-state index is 11.9. The van der Waals surface area contributed by atoms with Gasteiger partial charge in [0, 0.05) is 6.42 Å². The lowest BCUT2D eigenvalue weighted by molar-refractivity contribution is 0.140. The van der Waals surface area contributed by atoms with Gasteiger partial charge in [0.25, 0.3) is 5.56 Å². The van der Waals surface area contributed by atoms with E-state index in [0.29, 0.717) is 35.2 Å². The summed E-state index contributed by atoms with van der Waals surface area (Å²) in [5.74, 6) is 0.725. The smallest absolute Gasteiger partial charge is 0.291 e. The summed E-state index contributed by atoms with van der Waals surface area (Å²) >= 11 is 6.05. The van der Waals surface area contributed by atoms with E-state index in [1.807, 2.05) is 0 Å². The highest BCUT2D eigenvalue weighted by Crippen LogP contribution is 2.22. The topological polar surface area (TPSA) is 77.1 Å². The molecule has 6 nitrogen and oxygen atoms in total. The van der Waals surface area contributed by atoms with Crippen molar-refractivity contribution >= 4 is 22.6 Å². The Morgan fingerprint density at radius 3 is 3.11 bits per heavy atom. The number of hydrogen-bond donors (Lipinski definition) is 1. The molecule has 1 atom stereocenters. The quantitative estimate of drug-likeness (QED) is 0.843. The Morgan fingerprint density at radius 2 is 2.37 bits per heavy atom. The van der Waals surface area contributed by atoms with Crippen molar-refractivity contribution in [3.05, 3.63) is 27.4 Å². The fourth-order valence-corrected chi connectivity index (χ4v) is 2.28. The van der Waals surface area contributed by atoms with Crippen LogP contribution in [0.4, 0.5) is 0 Å². The van der Waals surface area contributed by atoms with Gasteiger partial charge in [-0.25, -0.2) is 9.97 Å². The molecule has 1 saturated heterocycles. The Balaban J connectivity index is 2.05. The summed E-state index contributed by atoms with van der Waals surface area (Å²) in [5, 5.41) is 0.868. The largest absolute Gasteiger partial charge is 0.482 e. The van der Waals surface area contributed by atoms with Crippen LogP contribution in [0.15, 0.2) is 10.9 Å². The van der Waals surface area contributed by atoms with Crippen molar-refractivity contribution in [2.24, 2.45) is 0 Å². The van der Waals surface area contributed by atoms with Gasteiger partial charge in [0.2, 0.25) is 0 Å². The number of rotatable bonds is 2. The number of aryl methyl sites for hydroxylation is 1. The number of aromatic nitrogens is 3. The lowest BCUT2D eigenvalue weighted by Gasteiger charge is -2.11. The molecule has 1 aliphatic heterocycles. The molecule has 3 rings (SSSR count). The van der Waals surface area contributed by atoms with E-state index in [1.54, 1.807) is 13.0 Å². The number of aromatic amines is 1. The first-order valence-electron chi connectivity index (χ1n) is 5.95. The number of nitrogens with zero attached hydrogens (tertiary/aromatic N) is 2. The summed E-state index contributed by atoms with van der Waals surface area (Å²) in [7, 11) is 0. The van der Waals surface area contributed by atoms with Crippen LogP contribution in [-0.2, 0) is 4.74 Å². The zero-order valence-corrected chi connectivity index (χ0v) is 11.0. The van der Waals surface area contributed by atoms with Gasteiger partial charge in [-0.3, -0.25) is 4.79 Å². The van der Waals surface area contributed by atoms with Gasteiger partial charge in [-0.05, 0) is 13.0 Å². The van der Waals surface area contributed by atoms with E-state index in [-0.39, 0.29) is 17.4 Å². The molecule has 0 unspecified atom stereocenters. The van der Waals surface area contributed by atoms with Gasteiger partial charge < -0.3 is 14.5 Å². The van der Waals surface area contributed by atoms with Gasteiger partial charge in [0.1, 0.15) is 22.7 Å². The van der Waals surface area contributed by atoms with Crippen LogP contribution in [0.25, 0.3) is 11.0 Å². The van der Waals surface area contributed by atoms with Crippen LogP contribution in [0.1, 0.15) is 12.2 Å². The van der Waals surface area contributed by atoms with Crippen molar-refractivity contribution in [1.82, 2.24) is 15.0 Å². The molecule has 1 fully saturated rings. The van der Waals surface area contributed by atoms with Crippen molar-refractivity contribution in [3.8, 4) is 5.75 Å². The average molecular weight is 282 g/mol. The summed E-state index contributed by atoms with van der Waals surface area (Å²) in [6.07, 6.45) is 0.680. The van der Waals surface area contributed by atoms with Crippen LogP contribution in [0, 0.1) is 6.92 Å². The minimum Gasteiger partial charge on any atom is -0.482 e. The molecule has 0 radical (unpaired) electrons. The zero-order chi connectivity index (χ0) is 13.4. The van der Waals surface area contributed by atoms with E-state index in [4.69, 9.17) is 21.1 Å². The van der Waals surface area contributed by atoms with Crippen LogP contribution in [0.5, 0.6) is 5.75 Å². The fourth-order valence-electron chi connectivity index (χ4n) is 2.01. The molecule has 1 N–H and O–H groups in total. The number of fused-ring (bicyclic) bond motifs is 1. The maximum Gasteiger partial charge on any atom is 0.291 e. The second-order valence-corrected chi connectivity index (χ2v) is 4.75. The SMILES string of the molecule is Cc1nc(Cl)c2cc(O[C@H]3CCOC3)c(=O)[nH]c2n1. The van der Waals surface area contributed by atoms with Gasteiger partial charge >= 0.3 is 0 Å². The molecule has 0 spiro atoms. The highest BCUT2D eigenvalue weighted by Gasteiger charge is 2.19. The van der Waals surface area contributed by atoms with Gasteiger partial charge in [-0.15, -0.1) is 0 Å². The summed E-state index contributed by atoms with van der Waals surface area (Å²) < 4.78 is 10.8. The molecule has 0 saturated carbocycles. The molecule has 0 aromatic carbocycles. The first kappa shape index (κ1) is 12.4. The average Bonchev–Trinajstić information content (AvgIpc) is 2.83. The Morgan fingerprint density at radius 1 is 1.53 bits per heavy atom. The Kier molecular flexibility index (Phi) is 3.12. The van der Waals surface area contributed by atoms with Crippen LogP contribution < -0.4 is 10.3 Å². The van der Waals surface area contributed by atoms with E-state index in [2.05, 4.69) is 15.0 Å². The second kappa shape index (κ2) is 4.79. The van der Waals surface area contributed by atoms with Crippen molar-refractivity contribution in [3.63, 3.8) is 0 Å². The zero-order valence-electron chi connectivity index (χ0n) is 10.3. The Bertz CT molecular complexity index is 680. The van der Waals surface area contributed by atoms with Gasteiger partial charge in [0.05, 0.1) is 18.6 Å². The molecule has 2 aromatic heterocycles. The van der Waals surface area contributed by atoms with Crippen molar-refractivity contribution in [1.29, 1.82) is 0 Å². The second-order valence-electron chi connectivity index (χ2n) is 4.39. The van der Waals surface area contributed by atoms with Gasteiger partial charge in [-0.2, -0.15) is 0 Å². The molecule has 3 heterocycles. The molecule has 2 aromatic rings.